The fourth-order valence-corrected chi connectivity index (χ4v) is 1.46. The third-order valence-electron chi connectivity index (χ3n) is 1.11. The van der Waals surface area contributed by atoms with Gasteiger partial charge in [0.2, 0.25) is 0 Å². The van der Waals surface area contributed by atoms with E-state index < -0.39 is 0 Å². The first kappa shape index (κ1) is 11.2. The molecule has 0 aliphatic rings. The van der Waals surface area contributed by atoms with Crippen molar-refractivity contribution in [3.8, 4) is 0 Å². The van der Waals surface area contributed by atoms with Gasteiger partial charge in [-0.3, -0.25) is 0 Å². The molecule has 0 radical (unpaired) electrons. The fraction of sp³-hybridized carbons (Fsp3) is 0.286. The van der Waals surface area contributed by atoms with Crippen LogP contribution in [0.25, 0.3) is 0 Å². The minimum absolute atomic E-state index is 0. The molecule has 1 aromatic rings. The van der Waals surface area contributed by atoms with Crippen LogP contribution in [0.2, 0.25) is 0 Å². The molecule has 0 saturated carbocycles. The van der Waals surface area contributed by atoms with Crippen LogP contribution >= 0.6 is 40.5 Å². The number of thiocarbonyl (C=S) groups is 1. The lowest BCUT2D eigenvalue weighted by molar-refractivity contribution is 0.797. The van der Waals surface area contributed by atoms with E-state index in [-0.39, 0.29) is 17.0 Å². The fourth-order valence-electron chi connectivity index (χ4n) is 0.667. The third-order valence-corrected chi connectivity index (χ3v) is 2.15. The van der Waals surface area contributed by atoms with Crippen molar-refractivity contribution in [2.75, 3.05) is 6.54 Å². The SMILES string of the molecule is Br.S=CCNCc1cccs1. The summed E-state index contributed by atoms with van der Waals surface area (Å²) in [5.74, 6) is 0. The van der Waals surface area contributed by atoms with Crippen molar-refractivity contribution < 1.29 is 0 Å². The van der Waals surface area contributed by atoms with Crippen LogP contribution in [0.15, 0.2) is 17.5 Å². The maximum absolute atomic E-state index is 4.66. The van der Waals surface area contributed by atoms with Gasteiger partial charge in [0.1, 0.15) is 0 Å². The Kier molecular flexibility index (Phi) is 7.06. The minimum Gasteiger partial charge on any atom is -0.308 e. The van der Waals surface area contributed by atoms with Crippen LogP contribution in [0.5, 0.6) is 0 Å². The number of nitrogens with one attached hydrogen (secondary N) is 1. The van der Waals surface area contributed by atoms with E-state index in [9.17, 15) is 0 Å². The molecule has 0 unspecified atom stereocenters. The molecular weight excluding hydrogens is 242 g/mol. The van der Waals surface area contributed by atoms with Crippen LogP contribution in [-0.4, -0.2) is 11.9 Å². The highest BCUT2D eigenvalue weighted by Crippen LogP contribution is 2.06. The van der Waals surface area contributed by atoms with Gasteiger partial charge in [-0.1, -0.05) is 18.3 Å². The van der Waals surface area contributed by atoms with Crippen molar-refractivity contribution >= 4 is 45.9 Å². The molecule has 4 heteroatoms. The summed E-state index contributed by atoms with van der Waals surface area (Å²) in [6.45, 7) is 1.75. The lowest BCUT2D eigenvalue weighted by atomic mass is 10.4. The smallest absolute Gasteiger partial charge is 0.0302 e. The molecule has 11 heavy (non-hydrogen) atoms. The predicted molar refractivity (Wildman–Crippen MR) is 60.0 cm³/mol. The van der Waals surface area contributed by atoms with E-state index in [0.717, 1.165) is 13.1 Å². The van der Waals surface area contributed by atoms with E-state index in [1.54, 1.807) is 16.7 Å². The number of rotatable bonds is 4. The summed E-state index contributed by atoms with van der Waals surface area (Å²) in [6, 6.07) is 4.17. The number of hydrogen-bond donors (Lipinski definition) is 1. The van der Waals surface area contributed by atoms with Crippen molar-refractivity contribution in [2.24, 2.45) is 0 Å². The molecule has 0 amide bonds. The molecule has 0 fully saturated rings. The van der Waals surface area contributed by atoms with Crippen LogP contribution in [-0.2, 0) is 6.54 Å². The average molecular weight is 252 g/mol. The monoisotopic (exact) mass is 251 g/mol. The summed E-state index contributed by atoms with van der Waals surface area (Å²) in [4.78, 5) is 1.36. The molecule has 1 rings (SSSR count). The molecule has 1 nitrogen and oxygen atoms in total. The van der Waals surface area contributed by atoms with Crippen LogP contribution in [0.1, 0.15) is 4.88 Å². The molecule has 0 bridgehead atoms. The maximum Gasteiger partial charge on any atom is 0.0302 e. The lowest BCUT2D eigenvalue weighted by Gasteiger charge is -1.95. The lowest BCUT2D eigenvalue weighted by Crippen LogP contribution is -2.13. The van der Waals surface area contributed by atoms with E-state index >= 15 is 0 Å². The molecule has 1 heterocycles. The zero-order valence-corrected chi connectivity index (χ0v) is 9.29. The van der Waals surface area contributed by atoms with Gasteiger partial charge >= 0.3 is 0 Å². The van der Waals surface area contributed by atoms with E-state index in [2.05, 4.69) is 35.0 Å². The van der Waals surface area contributed by atoms with Crippen molar-refractivity contribution in [1.29, 1.82) is 0 Å². The second-order valence-corrected chi connectivity index (χ2v) is 3.24. The van der Waals surface area contributed by atoms with Gasteiger partial charge in [-0.15, -0.1) is 28.3 Å². The molecule has 0 aliphatic heterocycles. The molecule has 1 aromatic heterocycles. The van der Waals surface area contributed by atoms with Gasteiger partial charge < -0.3 is 5.32 Å². The average Bonchev–Trinajstić information content (AvgIpc) is 2.41. The summed E-state index contributed by atoms with van der Waals surface area (Å²) in [5, 5.41) is 6.97. The summed E-state index contributed by atoms with van der Waals surface area (Å²) in [5.41, 5.74) is 0. The van der Waals surface area contributed by atoms with E-state index in [4.69, 9.17) is 0 Å². The summed E-state index contributed by atoms with van der Waals surface area (Å²) in [6.07, 6.45) is 0. The first-order chi connectivity index (χ1) is 4.93. The Balaban J connectivity index is 0.000001000. The first-order valence-corrected chi connectivity index (χ1v) is 4.45. The van der Waals surface area contributed by atoms with Gasteiger partial charge in [0.05, 0.1) is 0 Å². The topological polar surface area (TPSA) is 12.0 Å². The third kappa shape index (κ3) is 4.63. The largest absolute Gasteiger partial charge is 0.308 e. The molecular formula is C7H10BrNS2. The minimum atomic E-state index is 0. The van der Waals surface area contributed by atoms with Gasteiger partial charge in [-0.05, 0) is 16.8 Å². The summed E-state index contributed by atoms with van der Waals surface area (Å²) < 4.78 is 0. The Morgan fingerprint density at radius 3 is 3.00 bits per heavy atom. The molecule has 1 N–H and O–H groups in total. The second kappa shape index (κ2) is 6.91. The first-order valence-electron chi connectivity index (χ1n) is 3.10. The molecule has 0 spiro atoms. The van der Waals surface area contributed by atoms with Crippen LogP contribution in [0.4, 0.5) is 0 Å². The normalized spacial score (nSPS) is 8.73. The van der Waals surface area contributed by atoms with Crippen LogP contribution in [0, 0.1) is 0 Å². The van der Waals surface area contributed by atoms with Crippen molar-refractivity contribution in [1.82, 2.24) is 5.32 Å². The van der Waals surface area contributed by atoms with Crippen LogP contribution < -0.4 is 5.32 Å². The second-order valence-electron chi connectivity index (χ2n) is 1.88. The summed E-state index contributed by atoms with van der Waals surface area (Å²) in [7, 11) is 0. The van der Waals surface area contributed by atoms with E-state index in [0.29, 0.717) is 0 Å². The van der Waals surface area contributed by atoms with Gasteiger partial charge in [-0.2, -0.15) is 0 Å². The Hall–Kier alpha value is 0.230. The van der Waals surface area contributed by atoms with Crippen LogP contribution in [0.3, 0.4) is 0 Å². The van der Waals surface area contributed by atoms with Gasteiger partial charge in [0, 0.05) is 18.0 Å². The highest BCUT2D eigenvalue weighted by molar-refractivity contribution is 8.93. The zero-order chi connectivity index (χ0) is 7.23. The number of halogens is 1. The van der Waals surface area contributed by atoms with Gasteiger partial charge in [0.25, 0.3) is 0 Å². The highest BCUT2D eigenvalue weighted by atomic mass is 79.9. The van der Waals surface area contributed by atoms with E-state index in [1.807, 2.05) is 0 Å². The highest BCUT2D eigenvalue weighted by Gasteiger charge is 1.89. The van der Waals surface area contributed by atoms with Gasteiger partial charge in [-0.25, -0.2) is 0 Å². The molecule has 0 aliphatic carbocycles. The number of thiophene rings is 1. The Morgan fingerprint density at radius 2 is 2.45 bits per heavy atom. The van der Waals surface area contributed by atoms with Crippen molar-refractivity contribution in [3.63, 3.8) is 0 Å². The number of hydrogen-bond acceptors (Lipinski definition) is 3. The Labute approximate surface area is 86.6 Å². The predicted octanol–water partition coefficient (Wildman–Crippen LogP) is 2.42. The molecule has 0 atom stereocenters. The zero-order valence-electron chi connectivity index (χ0n) is 5.95. The quantitative estimate of drug-likeness (QED) is 0.652. The Morgan fingerprint density at radius 1 is 1.64 bits per heavy atom. The Bertz CT molecular complexity index is 186. The molecule has 0 aromatic carbocycles. The van der Waals surface area contributed by atoms with Crippen molar-refractivity contribution in [2.45, 2.75) is 6.54 Å². The standard InChI is InChI=1S/C7H9NS2.BrH/c9-4-3-8-6-7-2-1-5-10-7;/h1-2,4-5,8H,3,6H2;1H. The van der Waals surface area contributed by atoms with Gasteiger partial charge in [0.15, 0.2) is 0 Å². The van der Waals surface area contributed by atoms with E-state index in [1.165, 1.54) is 4.88 Å². The van der Waals surface area contributed by atoms with Crippen molar-refractivity contribution in [3.05, 3.63) is 22.4 Å². The molecule has 62 valence electrons. The maximum atomic E-state index is 4.66. The summed E-state index contributed by atoms with van der Waals surface area (Å²) >= 11 is 6.43. The molecule has 0 saturated heterocycles.